The summed E-state index contributed by atoms with van der Waals surface area (Å²) in [6.07, 6.45) is 0. The zero-order valence-corrected chi connectivity index (χ0v) is 17.1. The molecular formula is C22H18Cl2N2O3. The molecule has 0 aliphatic rings. The van der Waals surface area contributed by atoms with Gasteiger partial charge in [0.25, 0.3) is 11.8 Å². The molecule has 0 saturated carbocycles. The van der Waals surface area contributed by atoms with Gasteiger partial charge in [0.1, 0.15) is 5.75 Å². The molecule has 0 radical (unpaired) electrons. The first-order valence-electron chi connectivity index (χ1n) is 8.77. The van der Waals surface area contributed by atoms with Gasteiger partial charge < -0.3 is 15.4 Å². The van der Waals surface area contributed by atoms with Gasteiger partial charge in [0.05, 0.1) is 10.7 Å². The second-order valence-electron chi connectivity index (χ2n) is 6.26. The highest BCUT2D eigenvalue weighted by Crippen LogP contribution is 2.26. The topological polar surface area (TPSA) is 67.4 Å². The Morgan fingerprint density at radius 2 is 1.66 bits per heavy atom. The zero-order valence-electron chi connectivity index (χ0n) is 15.5. The first kappa shape index (κ1) is 20.7. The number of benzene rings is 3. The third kappa shape index (κ3) is 5.73. The lowest BCUT2D eigenvalue weighted by Crippen LogP contribution is -2.20. The van der Waals surface area contributed by atoms with Crippen molar-refractivity contribution in [2.45, 2.75) is 6.92 Å². The smallest absolute Gasteiger partial charge is 0.262 e. The minimum atomic E-state index is -0.338. The molecule has 0 saturated heterocycles. The highest BCUT2D eigenvalue weighted by Gasteiger charge is 2.10. The zero-order chi connectivity index (χ0) is 20.8. The van der Waals surface area contributed by atoms with Gasteiger partial charge in [-0.15, -0.1) is 0 Å². The van der Waals surface area contributed by atoms with E-state index < -0.39 is 0 Å². The molecule has 148 valence electrons. The van der Waals surface area contributed by atoms with Crippen molar-refractivity contribution in [2.24, 2.45) is 0 Å². The van der Waals surface area contributed by atoms with Crippen molar-refractivity contribution in [1.29, 1.82) is 0 Å². The lowest BCUT2D eigenvalue weighted by molar-refractivity contribution is -0.118. The molecule has 0 aromatic heterocycles. The fourth-order valence-electron chi connectivity index (χ4n) is 2.53. The summed E-state index contributed by atoms with van der Waals surface area (Å²) in [6.45, 7) is 1.70. The van der Waals surface area contributed by atoms with Crippen LogP contribution < -0.4 is 15.4 Å². The van der Waals surface area contributed by atoms with E-state index in [2.05, 4.69) is 10.6 Å². The summed E-state index contributed by atoms with van der Waals surface area (Å²) < 4.78 is 5.47. The molecule has 7 heteroatoms. The molecule has 0 atom stereocenters. The van der Waals surface area contributed by atoms with Crippen molar-refractivity contribution in [3.05, 3.63) is 87.9 Å². The molecule has 0 fully saturated rings. The summed E-state index contributed by atoms with van der Waals surface area (Å²) in [5, 5.41) is 6.39. The van der Waals surface area contributed by atoms with Gasteiger partial charge in [0.2, 0.25) is 0 Å². The van der Waals surface area contributed by atoms with Gasteiger partial charge in [0.15, 0.2) is 6.61 Å². The van der Waals surface area contributed by atoms with Crippen LogP contribution in [0.15, 0.2) is 66.7 Å². The molecule has 0 unspecified atom stereocenters. The van der Waals surface area contributed by atoms with Crippen LogP contribution in [0, 0.1) is 6.92 Å². The number of aryl methyl sites for hydroxylation is 1. The Kier molecular flexibility index (Phi) is 6.75. The van der Waals surface area contributed by atoms with Crippen LogP contribution in [0.3, 0.4) is 0 Å². The van der Waals surface area contributed by atoms with Crippen molar-refractivity contribution in [2.75, 3.05) is 17.2 Å². The maximum absolute atomic E-state index is 12.2. The first-order chi connectivity index (χ1) is 13.9. The van der Waals surface area contributed by atoms with E-state index in [0.29, 0.717) is 32.7 Å². The van der Waals surface area contributed by atoms with Gasteiger partial charge in [-0.05, 0) is 61.0 Å². The number of hydrogen-bond acceptors (Lipinski definition) is 3. The molecule has 0 heterocycles. The highest BCUT2D eigenvalue weighted by atomic mass is 35.5. The number of hydrogen-bond donors (Lipinski definition) is 2. The van der Waals surface area contributed by atoms with Gasteiger partial charge >= 0.3 is 0 Å². The summed E-state index contributed by atoms with van der Waals surface area (Å²) in [6, 6.07) is 18.8. The summed E-state index contributed by atoms with van der Waals surface area (Å²) in [4.78, 5) is 24.4. The number of carbonyl (C=O) groups excluding carboxylic acids is 2. The molecule has 3 rings (SSSR count). The van der Waals surface area contributed by atoms with E-state index in [9.17, 15) is 9.59 Å². The Morgan fingerprint density at radius 1 is 0.897 bits per heavy atom. The lowest BCUT2D eigenvalue weighted by Gasteiger charge is -2.11. The van der Waals surface area contributed by atoms with Gasteiger partial charge in [-0.1, -0.05) is 41.4 Å². The minimum Gasteiger partial charge on any atom is -0.484 e. The Morgan fingerprint density at radius 3 is 2.34 bits per heavy atom. The van der Waals surface area contributed by atoms with Crippen molar-refractivity contribution in [3.63, 3.8) is 0 Å². The number of nitrogens with one attached hydrogen (secondary N) is 2. The van der Waals surface area contributed by atoms with Crippen LogP contribution in [0.1, 0.15) is 15.9 Å². The summed E-state index contributed by atoms with van der Waals surface area (Å²) >= 11 is 12.2. The monoisotopic (exact) mass is 428 g/mol. The van der Waals surface area contributed by atoms with E-state index in [1.54, 1.807) is 60.7 Å². The molecule has 2 N–H and O–H groups in total. The normalized spacial score (nSPS) is 10.3. The molecular weight excluding hydrogens is 411 g/mol. The quantitative estimate of drug-likeness (QED) is 0.538. The van der Waals surface area contributed by atoms with Crippen molar-refractivity contribution in [1.82, 2.24) is 0 Å². The van der Waals surface area contributed by atoms with E-state index in [4.69, 9.17) is 27.9 Å². The lowest BCUT2D eigenvalue weighted by atomic mass is 10.2. The molecule has 5 nitrogen and oxygen atoms in total. The van der Waals surface area contributed by atoms with Gasteiger partial charge in [-0.25, -0.2) is 0 Å². The molecule has 0 aliphatic heterocycles. The molecule has 3 aromatic rings. The van der Waals surface area contributed by atoms with Crippen LogP contribution in [-0.4, -0.2) is 18.4 Å². The van der Waals surface area contributed by atoms with Crippen LogP contribution in [0.5, 0.6) is 5.75 Å². The van der Waals surface area contributed by atoms with E-state index in [1.807, 2.05) is 13.0 Å². The van der Waals surface area contributed by atoms with Crippen molar-refractivity contribution < 1.29 is 14.3 Å². The number of ether oxygens (including phenoxy) is 1. The Labute approximate surface area is 178 Å². The second-order valence-corrected chi connectivity index (χ2v) is 7.08. The van der Waals surface area contributed by atoms with E-state index >= 15 is 0 Å². The second kappa shape index (κ2) is 9.45. The number of amides is 2. The van der Waals surface area contributed by atoms with Gasteiger partial charge in [0, 0.05) is 16.3 Å². The molecule has 29 heavy (non-hydrogen) atoms. The van der Waals surface area contributed by atoms with E-state index in [0.717, 1.165) is 5.56 Å². The highest BCUT2D eigenvalue weighted by molar-refractivity contribution is 6.34. The summed E-state index contributed by atoms with van der Waals surface area (Å²) in [7, 11) is 0. The third-order valence-corrected chi connectivity index (χ3v) is 4.77. The number of carbonyl (C=O) groups is 2. The fourth-order valence-corrected chi connectivity index (χ4v) is 2.88. The standard InChI is InChI=1S/C22H18Cl2N2O3/c1-14-11-17(8-9-18(14)23)29-13-21(27)25-16-7-10-20(19(24)12-16)26-22(28)15-5-3-2-4-6-15/h2-12H,13H2,1H3,(H,25,27)(H,26,28). The third-order valence-electron chi connectivity index (χ3n) is 4.04. The summed E-state index contributed by atoms with van der Waals surface area (Å²) in [5.41, 5.74) is 2.33. The summed E-state index contributed by atoms with van der Waals surface area (Å²) in [5.74, 6) is -0.0512. The number of anilines is 2. The maximum Gasteiger partial charge on any atom is 0.262 e. The van der Waals surface area contributed by atoms with Crippen molar-refractivity contribution in [3.8, 4) is 5.75 Å². The maximum atomic E-state index is 12.2. The Balaban J connectivity index is 1.57. The molecule has 0 spiro atoms. The molecule has 2 amide bonds. The van der Waals surface area contributed by atoms with E-state index in [-0.39, 0.29) is 18.4 Å². The van der Waals surface area contributed by atoms with Crippen LogP contribution in [0.4, 0.5) is 11.4 Å². The van der Waals surface area contributed by atoms with Crippen molar-refractivity contribution >= 4 is 46.4 Å². The van der Waals surface area contributed by atoms with Crippen LogP contribution >= 0.6 is 23.2 Å². The average molecular weight is 429 g/mol. The van der Waals surface area contributed by atoms with Crippen LogP contribution in [0.25, 0.3) is 0 Å². The number of rotatable bonds is 6. The first-order valence-corrected chi connectivity index (χ1v) is 9.53. The van der Waals surface area contributed by atoms with Crippen LogP contribution in [-0.2, 0) is 4.79 Å². The Bertz CT molecular complexity index is 1040. The predicted octanol–water partition coefficient (Wildman–Crippen LogP) is 5.57. The predicted molar refractivity (Wildman–Crippen MR) is 116 cm³/mol. The van der Waals surface area contributed by atoms with E-state index in [1.165, 1.54) is 0 Å². The van der Waals surface area contributed by atoms with Gasteiger partial charge in [-0.3, -0.25) is 9.59 Å². The Hall–Kier alpha value is -3.02. The SMILES string of the molecule is Cc1cc(OCC(=O)Nc2ccc(NC(=O)c3ccccc3)c(Cl)c2)ccc1Cl. The molecule has 0 bridgehead atoms. The van der Waals surface area contributed by atoms with Gasteiger partial charge in [-0.2, -0.15) is 0 Å². The largest absolute Gasteiger partial charge is 0.484 e. The molecule has 3 aromatic carbocycles. The molecule has 0 aliphatic carbocycles. The average Bonchev–Trinajstić information content (AvgIpc) is 2.71. The fraction of sp³-hybridized carbons (Fsp3) is 0.0909. The number of halogens is 2. The van der Waals surface area contributed by atoms with Crippen LogP contribution in [0.2, 0.25) is 10.0 Å². The minimum absolute atomic E-state index is 0.162.